The van der Waals surface area contributed by atoms with Gasteiger partial charge in [0.1, 0.15) is 0 Å². The molecular weight excluding hydrogens is 607 g/mol. The third kappa shape index (κ3) is 5.22. The summed E-state index contributed by atoms with van der Waals surface area (Å²) < 4.78 is 2.61. The minimum Gasteiger partial charge on any atom is -0.512 e. The van der Waals surface area contributed by atoms with Gasteiger partial charge in [-0.15, -0.1) is 47.2 Å². The SMILES string of the molecule is CC(=O)/C=C(/C)O.Cc1cc(C)c2sc3c(-c4[c-]cccc4)nc4ccccc4c3c2c1.[Ir]. The Balaban J connectivity index is 0.000000337. The summed E-state index contributed by atoms with van der Waals surface area (Å²) in [4.78, 5) is 15.0. The van der Waals surface area contributed by atoms with Gasteiger partial charge in [-0.1, -0.05) is 29.8 Å². The van der Waals surface area contributed by atoms with Gasteiger partial charge in [0.15, 0.2) is 5.78 Å². The van der Waals surface area contributed by atoms with E-state index in [0.717, 1.165) is 16.8 Å². The van der Waals surface area contributed by atoms with Crippen molar-refractivity contribution in [3.8, 4) is 11.3 Å². The van der Waals surface area contributed by atoms with Crippen LogP contribution in [0.25, 0.3) is 42.3 Å². The Bertz CT molecular complexity index is 1480. The van der Waals surface area contributed by atoms with Crippen LogP contribution in [0.1, 0.15) is 25.0 Å². The number of aliphatic hydroxyl groups is 1. The molecule has 0 spiro atoms. The summed E-state index contributed by atoms with van der Waals surface area (Å²) in [5, 5.41) is 12.3. The van der Waals surface area contributed by atoms with E-state index in [9.17, 15) is 4.79 Å². The van der Waals surface area contributed by atoms with Gasteiger partial charge < -0.3 is 5.11 Å². The molecule has 0 aliphatic carbocycles. The normalized spacial score (nSPS) is 11.2. The van der Waals surface area contributed by atoms with Crippen LogP contribution in [-0.4, -0.2) is 15.9 Å². The van der Waals surface area contributed by atoms with Crippen LogP contribution >= 0.6 is 11.3 Å². The Morgan fingerprint density at radius 1 is 1.00 bits per heavy atom. The molecule has 169 valence electrons. The summed E-state index contributed by atoms with van der Waals surface area (Å²) in [5.74, 6) is -0.0625. The van der Waals surface area contributed by atoms with E-state index in [-0.39, 0.29) is 31.6 Å². The van der Waals surface area contributed by atoms with Crippen molar-refractivity contribution in [2.45, 2.75) is 27.7 Å². The van der Waals surface area contributed by atoms with E-state index in [2.05, 4.69) is 68.4 Å². The van der Waals surface area contributed by atoms with Crippen molar-refractivity contribution in [2.75, 3.05) is 0 Å². The predicted molar refractivity (Wildman–Crippen MR) is 135 cm³/mol. The molecule has 2 aromatic heterocycles. The average molecular weight is 631 g/mol. The molecule has 5 rings (SSSR count). The van der Waals surface area contributed by atoms with E-state index in [4.69, 9.17) is 10.1 Å². The number of allylic oxidation sites excluding steroid dienone is 2. The smallest absolute Gasteiger partial charge is 0.155 e. The van der Waals surface area contributed by atoms with Crippen molar-refractivity contribution >= 4 is 48.2 Å². The molecule has 3 nitrogen and oxygen atoms in total. The van der Waals surface area contributed by atoms with E-state index >= 15 is 0 Å². The number of para-hydroxylation sites is 1. The van der Waals surface area contributed by atoms with Crippen LogP contribution in [0.3, 0.4) is 0 Å². The number of aliphatic hydroxyl groups excluding tert-OH is 1. The van der Waals surface area contributed by atoms with Gasteiger partial charge >= 0.3 is 0 Å². The molecule has 0 saturated carbocycles. The number of rotatable bonds is 2. The molecule has 33 heavy (non-hydrogen) atoms. The molecule has 5 heteroatoms. The second kappa shape index (κ2) is 10.4. The quantitative estimate of drug-likeness (QED) is 0.123. The van der Waals surface area contributed by atoms with Crippen LogP contribution < -0.4 is 0 Å². The van der Waals surface area contributed by atoms with Crippen molar-refractivity contribution in [2.24, 2.45) is 0 Å². The Labute approximate surface area is 211 Å². The number of carbonyl (C=O) groups is 1. The van der Waals surface area contributed by atoms with Gasteiger partial charge in [0, 0.05) is 57.4 Å². The molecule has 1 radical (unpaired) electrons. The third-order valence-electron chi connectivity index (χ3n) is 5.12. The largest absolute Gasteiger partial charge is 0.512 e. The fourth-order valence-corrected chi connectivity index (χ4v) is 5.23. The van der Waals surface area contributed by atoms with Crippen LogP contribution in [-0.2, 0) is 24.9 Å². The zero-order valence-corrected chi connectivity index (χ0v) is 22.1. The van der Waals surface area contributed by atoms with E-state index in [1.54, 1.807) is 0 Å². The summed E-state index contributed by atoms with van der Waals surface area (Å²) in [5.41, 5.74) is 5.77. The first-order chi connectivity index (χ1) is 15.3. The van der Waals surface area contributed by atoms with Crippen LogP contribution in [0, 0.1) is 19.9 Å². The maximum absolute atomic E-state index is 10.0. The Hall–Kier alpha value is -2.85. The number of hydrogen-bond donors (Lipinski definition) is 1. The number of hydrogen-bond acceptors (Lipinski definition) is 4. The predicted octanol–water partition coefficient (Wildman–Crippen LogP) is 7.72. The second-order valence-corrected chi connectivity index (χ2v) is 8.94. The first-order valence-electron chi connectivity index (χ1n) is 10.4. The monoisotopic (exact) mass is 631 g/mol. The minimum absolute atomic E-state index is 0. The number of thiophene rings is 1. The summed E-state index contributed by atoms with van der Waals surface area (Å²) in [6, 6.07) is 24.5. The number of nitrogens with zero attached hydrogens (tertiary/aromatic N) is 1. The molecule has 0 fully saturated rings. The van der Waals surface area contributed by atoms with E-state index in [0.29, 0.717) is 0 Å². The first-order valence-corrected chi connectivity index (χ1v) is 11.2. The summed E-state index contributed by atoms with van der Waals surface area (Å²) in [6.45, 7) is 7.22. The molecule has 0 aliphatic heterocycles. The summed E-state index contributed by atoms with van der Waals surface area (Å²) in [6.07, 6.45) is 1.17. The zero-order valence-electron chi connectivity index (χ0n) is 18.9. The number of carbonyl (C=O) groups excluding carboxylic acids is 1. The summed E-state index contributed by atoms with van der Waals surface area (Å²) >= 11 is 1.85. The zero-order chi connectivity index (χ0) is 22.8. The van der Waals surface area contributed by atoms with Crippen molar-refractivity contribution in [3.05, 3.63) is 89.7 Å². The number of pyridine rings is 1. The van der Waals surface area contributed by atoms with Crippen molar-refractivity contribution < 1.29 is 30.0 Å². The van der Waals surface area contributed by atoms with Gasteiger partial charge in [0.2, 0.25) is 0 Å². The maximum atomic E-state index is 10.0. The molecule has 3 aromatic carbocycles. The van der Waals surface area contributed by atoms with Crippen LogP contribution in [0.4, 0.5) is 0 Å². The van der Waals surface area contributed by atoms with Crippen molar-refractivity contribution in [1.82, 2.24) is 4.98 Å². The van der Waals surface area contributed by atoms with Crippen LogP contribution in [0.5, 0.6) is 0 Å². The van der Waals surface area contributed by atoms with Gasteiger partial charge in [-0.25, -0.2) is 0 Å². The molecule has 1 N–H and O–H groups in total. The first kappa shape index (κ1) is 24.8. The minimum atomic E-state index is -0.125. The maximum Gasteiger partial charge on any atom is 0.155 e. The Morgan fingerprint density at radius 2 is 1.73 bits per heavy atom. The van der Waals surface area contributed by atoms with Crippen molar-refractivity contribution in [1.29, 1.82) is 0 Å². The molecule has 2 heterocycles. The molecule has 0 atom stereocenters. The molecule has 0 amide bonds. The molecule has 5 aromatic rings. The van der Waals surface area contributed by atoms with Crippen LogP contribution in [0.15, 0.2) is 72.5 Å². The number of aromatic nitrogens is 1. The van der Waals surface area contributed by atoms with Crippen LogP contribution in [0.2, 0.25) is 0 Å². The van der Waals surface area contributed by atoms with E-state index < -0.39 is 0 Å². The average Bonchev–Trinajstić information content (AvgIpc) is 3.13. The van der Waals surface area contributed by atoms with Crippen molar-refractivity contribution in [3.63, 3.8) is 0 Å². The molecule has 0 bridgehead atoms. The molecule has 0 aliphatic rings. The van der Waals surface area contributed by atoms with Gasteiger partial charge in [-0.3, -0.25) is 9.78 Å². The van der Waals surface area contributed by atoms with E-state index in [1.165, 1.54) is 56.6 Å². The molecular formula is C28H24IrNO2S-. The fourth-order valence-electron chi connectivity index (χ4n) is 3.96. The number of aryl methyl sites for hydroxylation is 2. The van der Waals surface area contributed by atoms with Gasteiger partial charge in [-0.05, 0) is 45.4 Å². The van der Waals surface area contributed by atoms with Gasteiger partial charge in [-0.2, -0.15) is 0 Å². The number of benzene rings is 3. The van der Waals surface area contributed by atoms with Gasteiger partial charge in [0.05, 0.1) is 11.3 Å². The number of ketones is 1. The summed E-state index contributed by atoms with van der Waals surface area (Å²) in [7, 11) is 0. The Morgan fingerprint density at radius 3 is 2.36 bits per heavy atom. The number of fused-ring (bicyclic) bond motifs is 5. The van der Waals surface area contributed by atoms with E-state index in [1.807, 2.05) is 23.5 Å². The second-order valence-electron chi connectivity index (χ2n) is 7.91. The third-order valence-corrected chi connectivity index (χ3v) is 6.46. The Kier molecular flexibility index (Phi) is 7.80. The standard InChI is InChI=1S/C23H16NS.C5H8O2.Ir/c1-14-12-15(2)22-18(13-14)20-17-10-6-7-11-19(17)24-21(23(20)25-22)16-8-4-3-5-9-16;1-4(6)3-5(2)7;/h3-8,10-13H,1-2H3;3,6H,1-2H3;/q-1;;/b;4-3-;. The fraction of sp³-hybridized carbons (Fsp3) is 0.143. The topological polar surface area (TPSA) is 50.2 Å². The molecule has 0 saturated heterocycles. The molecule has 0 unspecified atom stereocenters. The van der Waals surface area contributed by atoms with Gasteiger partial charge in [0.25, 0.3) is 0 Å².